The van der Waals surface area contributed by atoms with Crippen molar-refractivity contribution >= 4 is 53.3 Å². The molecule has 0 saturated heterocycles. The number of hydrogen-bond donors (Lipinski definition) is 0. The van der Waals surface area contributed by atoms with Crippen LogP contribution in [0.5, 0.6) is 0 Å². The Morgan fingerprint density at radius 2 is 0.839 bits per heavy atom. The molecule has 0 saturated carbocycles. The molecule has 0 radical (unpaired) electrons. The zero-order valence-corrected chi connectivity index (χ0v) is 31.0. The summed E-state index contributed by atoms with van der Waals surface area (Å²) in [6.07, 6.45) is 0. The van der Waals surface area contributed by atoms with E-state index in [1.54, 1.807) is 0 Å². The molecule has 0 fully saturated rings. The molecule has 0 aliphatic heterocycles. The van der Waals surface area contributed by atoms with Crippen molar-refractivity contribution in [2.24, 2.45) is 0 Å². The van der Waals surface area contributed by atoms with E-state index in [1.807, 2.05) is 72.0 Å². The number of fused-ring (bicyclic) bond motifs is 6. The van der Waals surface area contributed by atoms with Crippen molar-refractivity contribution < 1.29 is 0 Å². The Morgan fingerprint density at radius 1 is 0.339 bits per heavy atom. The van der Waals surface area contributed by atoms with E-state index in [9.17, 15) is 0 Å². The van der Waals surface area contributed by atoms with Crippen LogP contribution < -0.4 is 0 Å². The highest BCUT2D eigenvalue weighted by Crippen LogP contribution is 2.43. The fourth-order valence-corrected chi connectivity index (χ4v) is 9.26. The Bertz CT molecular complexity index is 3180. The van der Waals surface area contributed by atoms with Gasteiger partial charge in [-0.15, -0.1) is 11.3 Å². The van der Waals surface area contributed by atoms with Crippen molar-refractivity contribution in [3.8, 4) is 62.1 Å². The lowest BCUT2D eigenvalue weighted by Crippen LogP contribution is -1.99. The standard InChI is InChI=1S/C51H32N4S/c1-4-15-33(16-5-1)49-52-50(34-17-6-2-7-18-34)54-51(53-49)36-28-30-42-41-29-27-35(31-46(41)56-47(42)32-36)38-21-10-11-22-39(38)43-24-14-25-44-40-23-12-13-26-45(40)55(48(43)44)37-19-8-3-9-20-37/h1-32H. The van der Waals surface area contributed by atoms with E-state index in [0.29, 0.717) is 17.5 Å². The van der Waals surface area contributed by atoms with E-state index in [2.05, 4.69) is 138 Å². The van der Waals surface area contributed by atoms with E-state index < -0.39 is 0 Å². The van der Waals surface area contributed by atoms with Crippen LogP contribution in [0.25, 0.3) is 104 Å². The average Bonchev–Trinajstić information content (AvgIpc) is 3.82. The van der Waals surface area contributed by atoms with Crippen LogP contribution in [0.4, 0.5) is 0 Å². The van der Waals surface area contributed by atoms with Crippen LogP contribution in [0.1, 0.15) is 0 Å². The Hall–Kier alpha value is -7.21. The summed E-state index contributed by atoms with van der Waals surface area (Å²) in [6.45, 7) is 0. The maximum Gasteiger partial charge on any atom is 0.164 e. The molecule has 4 nitrogen and oxygen atoms in total. The molecule has 5 heteroatoms. The summed E-state index contributed by atoms with van der Waals surface area (Å²) in [4.78, 5) is 14.9. The minimum Gasteiger partial charge on any atom is -0.309 e. The number of nitrogens with zero attached hydrogens (tertiary/aromatic N) is 4. The second kappa shape index (κ2) is 13.3. The van der Waals surface area contributed by atoms with Gasteiger partial charge in [0, 0.05) is 58.9 Å². The fourth-order valence-electron chi connectivity index (χ4n) is 8.07. The molecule has 8 aromatic carbocycles. The molecule has 0 bridgehead atoms. The molecule has 0 aliphatic carbocycles. The molecule has 11 aromatic rings. The number of thiophene rings is 1. The SMILES string of the molecule is c1ccc(-c2nc(-c3ccccc3)nc(-c3ccc4c(c3)sc3cc(-c5ccccc5-c5cccc6c7ccccc7n(-c7ccccc7)c56)ccc34)n2)cc1. The normalized spacial score (nSPS) is 11.6. The molecule has 56 heavy (non-hydrogen) atoms. The van der Waals surface area contributed by atoms with Crippen LogP contribution in [0.15, 0.2) is 194 Å². The third-order valence-electron chi connectivity index (χ3n) is 10.7. The van der Waals surface area contributed by atoms with Gasteiger partial charge in [0.2, 0.25) is 0 Å². The molecule has 0 atom stereocenters. The summed E-state index contributed by atoms with van der Waals surface area (Å²) >= 11 is 1.81. The predicted octanol–water partition coefficient (Wildman–Crippen LogP) is 13.7. The molecular formula is C51H32N4S. The van der Waals surface area contributed by atoms with E-state index in [-0.39, 0.29) is 0 Å². The minimum absolute atomic E-state index is 0.661. The lowest BCUT2D eigenvalue weighted by atomic mass is 9.93. The van der Waals surface area contributed by atoms with Gasteiger partial charge in [-0.25, -0.2) is 15.0 Å². The molecule has 0 unspecified atom stereocenters. The number of hydrogen-bond acceptors (Lipinski definition) is 4. The molecule has 3 heterocycles. The Morgan fingerprint density at radius 3 is 1.52 bits per heavy atom. The van der Waals surface area contributed by atoms with E-state index in [4.69, 9.17) is 15.0 Å². The lowest BCUT2D eigenvalue weighted by Gasteiger charge is -2.15. The first kappa shape index (κ1) is 32.2. The van der Waals surface area contributed by atoms with Crippen molar-refractivity contribution in [2.75, 3.05) is 0 Å². The Kier molecular flexibility index (Phi) is 7.64. The number of aromatic nitrogens is 4. The number of para-hydroxylation sites is 3. The summed E-state index contributed by atoms with van der Waals surface area (Å²) in [5.74, 6) is 1.98. The molecule has 0 spiro atoms. The average molecular weight is 733 g/mol. The summed E-state index contributed by atoms with van der Waals surface area (Å²) in [5.41, 5.74) is 11.3. The smallest absolute Gasteiger partial charge is 0.164 e. The first-order chi connectivity index (χ1) is 27.8. The summed E-state index contributed by atoms with van der Waals surface area (Å²) in [7, 11) is 0. The second-order valence-corrected chi connectivity index (χ2v) is 15.1. The summed E-state index contributed by atoms with van der Waals surface area (Å²) in [6, 6.07) is 68.7. The monoisotopic (exact) mass is 732 g/mol. The predicted molar refractivity (Wildman–Crippen MR) is 234 cm³/mol. The van der Waals surface area contributed by atoms with Gasteiger partial charge >= 0.3 is 0 Å². The largest absolute Gasteiger partial charge is 0.309 e. The van der Waals surface area contributed by atoms with Gasteiger partial charge in [-0.05, 0) is 47.0 Å². The first-order valence-electron chi connectivity index (χ1n) is 18.8. The van der Waals surface area contributed by atoms with Gasteiger partial charge in [-0.3, -0.25) is 0 Å². The van der Waals surface area contributed by atoms with Crippen molar-refractivity contribution in [3.05, 3.63) is 194 Å². The van der Waals surface area contributed by atoms with Gasteiger partial charge in [-0.2, -0.15) is 0 Å². The quantitative estimate of drug-likeness (QED) is 0.171. The summed E-state index contributed by atoms with van der Waals surface area (Å²) < 4.78 is 4.86. The molecule has 3 aromatic heterocycles. The van der Waals surface area contributed by atoms with E-state index in [0.717, 1.165) is 22.4 Å². The first-order valence-corrected chi connectivity index (χ1v) is 19.6. The van der Waals surface area contributed by atoms with Crippen LogP contribution in [0, 0.1) is 0 Å². The van der Waals surface area contributed by atoms with Crippen molar-refractivity contribution in [3.63, 3.8) is 0 Å². The zero-order valence-electron chi connectivity index (χ0n) is 30.2. The van der Waals surface area contributed by atoms with Gasteiger partial charge in [0.15, 0.2) is 17.5 Å². The van der Waals surface area contributed by atoms with Crippen molar-refractivity contribution in [2.45, 2.75) is 0 Å². The van der Waals surface area contributed by atoms with Gasteiger partial charge in [0.25, 0.3) is 0 Å². The second-order valence-electron chi connectivity index (χ2n) is 14.0. The highest BCUT2D eigenvalue weighted by molar-refractivity contribution is 7.25. The third kappa shape index (κ3) is 5.40. The van der Waals surface area contributed by atoms with Crippen LogP contribution in [0.2, 0.25) is 0 Å². The zero-order chi connectivity index (χ0) is 37.0. The maximum atomic E-state index is 4.99. The minimum atomic E-state index is 0.661. The van der Waals surface area contributed by atoms with Crippen LogP contribution in [0.3, 0.4) is 0 Å². The van der Waals surface area contributed by atoms with Crippen LogP contribution in [-0.2, 0) is 0 Å². The maximum absolute atomic E-state index is 4.99. The molecular weight excluding hydrogens is 701 g/mol. The van der Waals surface area contributed by atoms with Crippen molar-refractivity contribution in [1.82, 2.24) is 19.5 Å². The van der Waals surface area contributed by atoms with Crippen LogP contribution >= 0.6 is 11.3 Å². The van der Waals surface area contributed by atoms with Crippen molar-refractivity contribution in [1.29, 1.82) is 0 Å². The Balaban J connectivity index is 1.04. The molecule has 262 valence electrons. The highest BCUT2D eigenvalue weighted by Gasteiger charge is 2.19. The van der Waals surface area contributed by atoms with E-state index in [1.165, 1.54) is 64.2 Å². The van der Waals surface area contributed by atoms with Gasteiger partial charge in [0.05, 0.1) is 11.0 Å². The molecule has 11 rings (SSSR count). The number of benzene rings is 8. The summed E-state index contributed by atoms with van der Waals surface area (Å²) in [5, 5.41) is 4.97. The highest BCUT2D eigenvalue weighted by atomic mass is 32.1. The third-order valence-corrected chi connectivity index (χ3v) is 11.8. The lowest BCUT2D eigenvalue weighted by molar-refractivity contribution is 1.07. The van der Waals surface area contributed by atoms with Crippen LogP contribution in [-0.4, -0.2) is 19.5 Å². The molecule has 0 N–H and O–H groups in total. The van der Waals surface area contributed by atoms with Gasteiger partial charge in [0.1, 0.15) is 0 Å². The van der Waals surface area contributed by atoms with Gasteiger partial charge in [-0.1, -0.05) is 164 Å². The van der Waals surface area contributed by atoms with E-state index >= 15 is 0 Å². The molecule has 0 amide bonds. The fraction of sp³-hybridized carbons (Fsp3) is 0. The molecule has 0 aliphatic rings. The van der Waals surface area contributed by atoms with Gasteiger partial charge < -0.3 is 4.57 Å². The Labute approximate surface area is 327 Å². The topological polar surface area (TPSA) is 43.6 Å². The number of rotatable bonds is 6.